The summed E-state index contributed by atoms with van der Waals surface area (Å²) in [5, 5.41) is 3.84. The number of carbonyl (C=O) groups excluding carboxylic acids is 1. The fraction of sp³-hybridized carbons (Fsp3) is 0.250. The second kappa shape index (κ2) is 10.6. The Morgan fingerprint density at radius 2 is 1.70 bits per heavy atom. The van der Waals surface area contributed by atoms with Gasteiger partial charge in [-0.05, 0) is 61.7 Å². The van der Waals surface area contributed by atoms with E-state index in [4.69, 9.17) is 4.42 Å². The minimum Gasteiger partial charge on any atom is -0.456 e. The van der Waals surface area contributed by atoms with Gasteiger partial charge in [0.05, 0.1) is 0 Å². The van der Waals surface area contributed by atoms with Crippen LogP contribution in [0.25, 0.3) is 22.3 Å². The smallest absolute Gasteiger partial charge is 0.343 e. The van der Waals surface area contributed by atoms with Gasteiger partial charge >= 0.3 is 7.80 Å². The van der Waals surface area contributed by atoms with Crippen LogP contribution in [0.15, 0.2) is 77.2 Å². The van der Waals surface area contributed by atoms with Crippen LogP contribution in [0.1, 0.15) is 47.7 Å². The minimum atomic E-state index is -1.21. The second-order valence-corrected chi connectivity index (χ2v) is 10.2. The number of carbonyl (C=O) groups is 1. The van der Waals surface area contributed by atoms with Crippen molar-refractivity contribution in [1.82, 2.24) is 0 Å². The van der Waals surface area contributed by atoms with E-state index in [9.17, 15) is 9.36 Å². The van der Waals surface area contributed by atoms with Gasteiger partial charge in [0.15, 0.2) is 6.16 Å². The summed E-state index contributed by atoms with van der Waals surface area (Å²) in [5.74, 6) is 0.611. The molecular formula is C28H29NO3P+. The van der Waals surface area contributed by atoms with Crippen LogP contribution in [-0.4, -0.2) is 12.1 Å². The molecule has 1 unspecified atom stereocenters. The zero-order valence-electron chi connectivity index (χ0n) is 19.1. The first kappa shape index (κ1) is 22.9. The maximum Gasteiger partial charge on any atom is 0.343 e. The number of hydrogen-bond donors (Lipinski definition) is 1. The zero-order valence-corrected chi connectivity index (χ0v) is 20.0. The molecule has 0 aliphatic rings. The van der Waals surface area contributed by atoms with Crippen LogP contribution in [0.5, 0.6) is 0 Å². The van der Waals surface area contributed by atoms with Gasteiger partial charge in [-0.1, -0.05) is 59.9 Å². The fourth-order valence-corrected chi connectivity index (χ4v) is 5.11. The van der Waals surface area contributed by atoms with Crippen LogP contribution < -0.4 is 5.32 Å². The molecule has 1 heterocycles. The van der Waals surface area contributed by atoms with Crippen molar-refractivity contribution in [3.8, 4) is 11.3 Å². The molecule has 4 aromatic rings. The molecule has 0 fully saturated rings. The van der Waals surface area contributed by atoms with Crippen molar-refractivity contribution in [1.29, 1.82) is 0 Å². The van der Waals surface area contributed by atoms with Crippen LogP contribution in [0, 0.1) is 6.92 Å². The average molecular weight is 459 g/mol. The van der Waals surface area contributed by atoms with Crippen molar-refractivity contribution < 1.29 is 13.8 Å². The molecule has 0 saturated heterocycles. The normalized spacial score (nSPS) is 11.5. The van der Waals surface area contributed by atoms with Crippen molar-refractivity contribution >= 4 is 30.4 Å². The van der Waals surface area contributed by atoms with Crippen LogP contribution in [0.3, 0.4) is 0 Å². The molecule has 0 radical (unpaired) electrons. The van der Waals surface area contributed by atoms with E-state index < -0.39 is 7.80 Å². The summed E-state index contributed by atoms with van der Waals surface area (Å²) in [6, 6.07) is 23.2. The van der Waals surface area contributed by atoms with Crippen molar-refractivity contribution in [3.63, 3.8) is 0 Å². The van der Waals surface area contributed by atoms with Crippen molar-refractivity contribution in [2.45, 2.75) is 39.3 Å². The lowest BCUT2D eigenvalue weighted by molar-refractivity contribution is 0.102. The molecule has 0 bridgehead atoms. The highest BCUT2D eigenvalue weighted by atomic mass is 31.1. The van der Waals surface area contributed by atoms with Gasteiger partial charge in [0, 0.05) is 22.2 Å². The Balaban J connectivity index is 1.41. The molecular weight excluding hydrogens is 429 g/mol. The third kappa shape index (κ3) is 5.97. The highest BCUT2D eigenvalue weighted by molar-refractivity contribution is 7.43. The van der Waals surface area contributed by atoms with Gasteiger partial charge in [0.25, 0.3) is 5.91 Å². The monoisotopic (exact) mass is 458 g/mol. The number of benzene rings is 3. The Labute approximate surface area is 195 Å². The molecule has 0 aliphatic heterocycles. The summed E-state index contributed by atoms with van der Waals surface area (Å²) in [5.41, 5.74) is 5.28. The Hall–Kier alpha value is -3.23. The summed E-state index contributed by atoms with van der Waals surface area (Å²) >= 11 is 0. The first-order chi connectivity index (χ1) is 16.0. The Bertz CT molecular complexity index is 1260. The number of fused-ring (bicyclic) bond motifs is 1. The van der Waals surface area contributed by atoms with E-state index in [0.717, 1.165) is 59.0 Å². The maximum atomic E-state index is 12.8. The van der Waals surface area contributed by atoms with E-state index in [2.05, 4.69) is 31.3 Å². The highest BCUT2D eigenvalue weighted by Gasteiger charge is 2.16. The van der Waals surface area contributed by atoms with Gasteiger partial charge in [-0.15, -0.1) is 0 Å². The third-order valence-electron chi connectivity index (χ3n) is 5.70. The topological polar surface area (TPSA) is 59.3 Å². The largest absolute Gasteiger partial charge is 0.456 e. The van der Waals surface area contributed by atoms with Crippen LogP contribution in [0.2, 0.25) is 0 Å². The first-order valence-electron chi connectivity index (χ1n) is 11.4. The molecule has 3 aromatic carbocycles. The number of rotatable bonds is 9. The number of aryl methyl sites for hydroxylation is 1. The minimum absolute atomic E-state index is 0.173. The Morgan fingerprint density at radius 1 is 0.939 bits per heavy atom. The predicted molar refractivity (Wildman–Crippen MR) is 136 cm³/mol. The fourth-order valence-electron chi connectivity index (χ4n) is 3.76. The van der Waals surface area contributed by atoms with E-state index in [1.54, 1.807) is 6.07 Å². The van der Waals surface area contributed by atoms with Crippen molar-refractivity contribution in [2.24, 2.45) is 0 Å². The number of nitrogens with one attached hydrogen (secondary N) is 1. The lowest BCUT2D eigenvalue weighted by Gasteiger charge is -2.06. The number of hydrogen-bond acceptors (Lipinski definition) is 3. The second-order valence-electron chi connectivity index (χ2n) is 8.45. The molecule has 1 amide bonds. The maximum absolute atomic E-state index is 12.8. The summed E-state index contributed by atoms with van der Waals surface area (Å²) in [6.45, 7) is 4.20. The van der Waals surface area contributed by atoms with Gasteiger partial charge in [-0.3, -0.25) is 4.79 Å². The van der Waals surface area contributed by atoms with Gasteiger partial charge in [-0.2, -0.15) is 0 Å². The molecule has 33 heavy (non-hydrogen) atoms. The van der Waals surface area contributed by atoms with Crippen LogP contribution in [0.4, 0.5) is 5.69 Å². The quantitative estimate of drug-likeness (QED) is 0.203. The summed E-state index contributed by atoms with van der Waals surface area (Å²) in [4.78, 5) is 12.8. The number of amides is 1. The molecule has 168 valence electrons. The third-order valence-corrected chi connectivity index (χ3v) is 7.23. The van der Waals surface area contributed by atoms with Crippen LogP contribution >= 0.6 is 7.80 Å². The van der Waals surface area contributed by atoms with E-state index in [0.29, 0.717) is 11.7 Å². The lowest BCUT2D eigenvalue weighted by Crippen LogP contribution is -2.11. The molecule has 1 atom stereocenters. The molecule has 1 aromatic heterocycles. The molecule has 0 spiro atoms. The van der Waals surface area contributed by atoms with Crippen molar-refractivity contribution in [2.75, 3.05) is 11.5 Å². The molecule has 0 saturated carbocycles. The van der Waals surface area contributed by atoms with Crippen LogP contribution in [-0.2, 0) is 10.7 Å². The van der Waals surface area contributed by atoms with Gasteiger partial charge in [0.2, 0.25) is 0 Å². The number of furan rings is 1. The molecule has 4 nitrogen and oxygen atoms in total. The molecule has 0 aliphatic carbocycles. The Morgan fingerprint density at radius 3 is 2.42 bits per heavy atom. The van der Waals surface area contributed by atoms with Gasteiger partial charge < -0.3 is 9.73 Å². The first-order valence-corrected chi connectivity index (χ1v) is 13.1. The van der Waals surface area contributed by atoms with Gasteiger partial charge in [0.1, 0.15) is 17.5 Å². The number of unbranched alkanes of at least 4 members (excludes halogenated alkanes) is 2. The number of anilines is 1. The summed E-state index contributed by atoms with van der Waals surface area (Å²) in [6.07, 6.45) is 4.66. The molecule has 5 heteroatoms. The zero-order chi connectivity index (χ0) is 23.2. The molecule has 1 N–H and O–H groups in total. The van der Waals surface area contributed by atoms with E-state index in [-0.39, 0.29) is 5.91 Å². The predicted octanol–water partition coefficient (Wildman–Crippen LogP) is 8.18. The van der Waals surface area contributed by atoms with Crippen molar-refractivity contribution in [3.05, 3.63) is 89.5 Å². The standard InChI is InChI=1S/C28H28NO3P/c1-3-4-5-16-33(31)19-21-8-13-25(14-9-21)29-28(30)23-12-15-26-24(17-23)18-27(32-26)22-10-6-20(2)7-11-22/h6-15,17-18H,3-5,16,19H2,1-2H3/p+1. The van der Waals surface area contributed by atoms with E-state index >= 15 is 0 Å². The van der Waals surface area contributed by atoms with E-state index in [1.807, 2.05) is 54.6 Å². The Kier molecular flexibility index (Phi) is 7.36. The van der Waals surface area contributed by atoms with Gasteiger partial charge in [-0.25, -0.2) is 0 Å². The summed E-state index contributed by atoms with van der Waals surface area (Å²) in [7, 11) is -1.21. The average Bonchev–Trinajstić information content (AvgIpc) is 3.24. The molecule has 4 rings (SSSR count). The lowest BCUT2D eigenvalue weighted by atomic mass is 10.1. The SMILES string of the molecule is CCCCC[P+](=O)Cc1ccc(NC(=O)c2ccc3oc(-c4ccc(C)cc4)cc3c2)cc1. The highest BCUT2D eigenvalue weighted by Crippen LogP contribution is 2.30. The summed E-state index contributed by atoms with van der Waals surface area (Å²) < 4.78 is 18.2. The van der Waals surface area contributed by atoms with E-state index in [1.165, 1.54) is 5.56 Å².